The molecule has 0 N–H and O–H groups in total. The molecule has 1 atom stereocenters. The Hall–Kier alpha value is -0.910. The summed E-state index contributed by atoms with van der Waals surface area (Å²) >= 11 is 0. The third kappa shape index (κ3) is 4.40. The lowest BCUT2D eigenvalue weighted by Crippen LogP contribution is -2.13. The number of rotatable bonds is 7. The summed E-state index contributed by atoms with van der Waals surface area (Å²) in [6.45, 7) is 5.72. The zero-order chi connectivity index (χ0) is 13.6. The first-order valence-electron chi connectivity index (χ1n) is 6.18. The average Bonchev–Trinajstić information content (AvgIpc) is 2.37. The van der Waals surface area contributed by atoms with E-state index in [2.05, 4.69) is 11.3 Å². The van der Waals surface area contributed by atoms with Crippen LogP contribution in [0, 0.1) is 0 Å². The number of benzene rings is 1. The normalized spacial score (nSPS) is 13.5. The third-order valence-corrected chi connectivity index (χ3v) is 3.73. The topological polar surface area (TPSA) is 52.6 Å². The lowest BCUT2D eigenvalue weighted by atomic mass is 10.1. The molecule has 0 spiro atoms. The van der Waals surface area contributed by atoms with Crippen molar-refractivity contribution in [3.63, 3.8) is 0 Å². The molecule has 1 aromatic rings. The van der Waals surface area contributed by atoms with Crippen molar-refractivity contribution in [2.45, 2.75) is 51.0 Å². The van der Waals surface area contributed by atoms with Crippen LogP contribution in [0.3, 0.4) is 0 Å². The second-order valence-electron chi connectivity index (χ2n) is 4.23. The summed E-state index contributed by atoms with van der Waals surface area (Å²) in [6.07, 6.45) is 2.40. The summed E-state index contributed by atoms with van der Waals surface area (Å²) in [7, 11) is -3.82. The van der Waals surface area contributed by atoms with Crippen LogP contribution in [0.1, 0.15) is 39.2 Å². The molecule has 0 amide bonds. The van der Waals surface area contributed by atoms with Gasteiger partial charge in [0.1, 0.15) is 0 Å². The van der Waals surface area contributed by atoms with E-state index < -0.39 is 10.1 Å². The zero-order valence-electron chi connectivity index (χ0n) is 11.0. The summed E-state index contributed by atoms with van der Waals surface area (Å²) in [4.78, 5) is 4.92. The maximum absolute atomic E-state index is 11.8. The van der Waals surface area contributed by atoms with Gasteiger partial charge >= 0.3 is 10.1 Å². The van der Waals surface area contributed by atoms with E-state index in [0.717, 1.165) is 18.4 Å². The minimum Gasteiger partial charge on any atom is -0.217 e. The molecule has 0 aliphatic rings. The van der Waals surface area contributed by atoms with E-state index in [4.69, 9.17) is 4.89 Å². The SMILES string of the molecule is CCCc1ccc(S(=O)(=O)OOC(C)CC)cc1. The Balaban J connectivity index is 2.72. The zero-order valence-corrected chi connectivity index (χ0v) is 11.9. The molecule has 0 bridgehead atoms. The van der Waals surface area contributed by atoms with E-state index in [1.165, 1.54) is 0 Å². The molecular formula is C13H20O4S. The molecule has 18 heavy (non-hydrogen) atoms. The molecule has 0 aliphatic heterocycles. The molecule has 0 aromatic heterocycles. The van der Waals surface area contributed by atoms with E-state index >= 15 is 0 Å². The summed E-state index contributed by atoms with van der Waals surface area (Å²) in [5.74, 6) is 0. The van der Waals surface area contributed by atoms with Crippen molar-refractivity contribution in [3.05, 3.63) is 29.8 Å². The first kappa shape index (κ1) is 15.1. The number of hydrogen-bond acceptors (Lipinski definition) is 4. The molecule has 1 rings (SSSR count). The highest BCUT2D eigenvalue weighted by Gasteiger charge is 2.17. The first-order chi connectivity index (χ1) is 8.49. The van der Waals surface area contributed by atoms with Crippen molar-refractivity contribution in [3.8, 4) is 0 Å². The Kier molecular flexibility index (Phi) is 5.78. The van der Waals surface area contributed by atoms with Crippen LogP contribution in [0.15, 0.2) is 29.2 Å². The average molecular weight is 272 g/mol. The lowest BCUT2D eigenvalue weighted by Gasteiger charge is -2.09. The molecule has 0 fully saturated rings. The van der Waals surface area contributed by atoms with Gasteiger partial charge in [0.25, 0.3) is 0 Å². The van der Waals surface area contributed by atoms with Crippen LogP contribution in [0.25, 0.3) is 0 Å². The van der Waals surface area contributed by atoms with Crippen LogP contribution >= 0.6 is 0 Å². The minimum atomic E-state index is -3.82. The lowest BCUT2D eigenvalue weighted by molar-refractivity contribution is -0.235. The summed E-state index contributed by atoms with van der Waals surface area (Å²) in [5, 5.41) is 0. The summed E-state index contributed by atoms with van der Waals surface area (Å²) < 4.78 is 28.1. The Morgan fingerprint density at radius 3 is 2.28 bits per heavy atom. The van der Waals surface area contributed by atoms with E-state index in [1.54, 1.807) is 31.2 Å². The van der Waals surface area contributed by atoms with Crippen molar-refractivity contribution in [1.29, 1.82) is 0 Å². The van der Waals surface area contributed by atoms with E-state index in [1.807, 2.05) is 6.92 Å². The van der Waals surface area contributed by atoms with Gasteiger partial charge in [0.15, 0.2) is 0 Å². The van der Waals surface area contributed by atoms with Gasteiger partial charge in [-0.1, -0.05) is 32.4 Å². The van der Waals surface area contributed by atoms with E-state index in [9.17, 15) is 8.42 Å². The van der Waals surface area contributed by atoms with Crippen LogP contribution in [0.5, 0.6) is 0 Å². The van der Waals surface area contributed by atoms with Crippen molar-refractivity contribution in [2.75, 3.05) is 0 Å². The summed E-state index contributed by atoms with van der Waals surface area (Å²) in [5.41, 5.74) is 1.11. The van der Waals surface area contributed by atoms with Crippen molar-refractivity contribution < 1.29 is 17.6 Å². The molecule has 0 radical (unpaired) electrons. The van der Waals surface area contributed by atoms with Gasteiger partial charge in [0, 0.05) is 0 Å². The highest BCUT2D eigenvalue weighted by atomic mass is 32.2. The van der Waals surface area contributed by atoms with Gasteiger partial charge in [-0.2, -0.15) is 8.42 Å². The monoisotopic (exact) mass is 272 g/mol. The predicted octanol–water partition coefficient (Wildman–Crippen LogP) is 3.07. The maximum atomic E-state index is 11.8. The third-order valence-electron chi connectivity index (χ3n) is 2.62. The fourth-order valence-electron chi connectivity index (χ4n) is 1.34. The molecule has 1 unspecified atom stereocenters. The molecule has 0 aliphatic carbocycles. The van der Waals surface area contributed by atoms with Crippen LogP contribution in [0.4, 0.5) is 0 Å². The van der Waals surface area contributed by atoms with Gasteiger partial charge in [-0.25, -0.2) is 4.89 Å². The fraction of sp³-hybridized carbons (Fsp3) is 0.538. The molecule has 1 aromatic carbocycles. The van der Waals surface area contributed by atoms with Crippen LogP contribution in [0.2, 0.25) is 0 Å². The van der Waals surface area contributed by atoms with Crippen LogP contribution < -0.4 is 0 Å². The van der Waals surface area contributed by atoms with Gasteiger partial charge in [-0.3, -0.25) is 0 Å². The molecular weight excluding hydrogens is 252 g/mol. The Morgan fingerprint density at radius 1 is 1.17 bits per heavy atom. The molecule has 0 saturated heterocycles. The van der Waals surface area contributed by atoms with Gasteiger partial charge in [0.05, 0.1) is 11.0 Å². The van der Waals surface area contributed by atoms with Crippen molar-refractivity contribution >= 4 is 10.1 Å². The van der Waals surface area contributed by atoms with Gasteiger partial charge in [0.2, 0.25) is 0 Å². The number of hydrogen-bond donors (Lipinski definition) is 0. The quantitative estimate of drug-likeness (QED) is 0.565. The molecule has 5 heteroatoms. The largest absolute Gasteiger partial charge is 0.323 e. The Labute approximate surface area is 109 Å². The predicted molar refractivity (Wildman–Crippen MR) is 69.5 cm³/mol. The van der Waals surface area contributed by atoms with Crippen LogP contribution in [-0.4, -0.2) is 14.5 Å². The smallest absolute Gasteiger partial charge is 0.217 e. The number of aryl methyl sites for hydroxylation is 1. The molecule has 4 nitrogen and oxygen atoms in total. The molecule has 102 valence electrons. The summed E-state index contributed by atoms with van der Waals surface area (Å²) in [6, 6.07) is 6.67. The van der Waals surface area contributed by atoms with Crippen LogP contribution in [-0.2, 0) is 25.8 Å². The highest BCUT2D eigenvalue weighted by molar-refractivity contribution is 7.86. The van der Waals surface area contributed by atoms with E-state index in [-0.39, 0.29) is 11.0 Å². The second-order valence-corrected chi connectivity index (χ2v) is 5.75. The molecule has 0 saturated carbocycles. The standard InChI is InChI=1S/C13H20O4S/c1-4-6-12-7-9-13(10-8-12)18(14,15)17-16-11(3)5-2/h7-11H,4-6H2,1-3H3. The maximum Gasteiger partial charge on any atom is 0.323 e. The fourth-order valence-corrected chi connectivity index (χ4v) is 2.12. The van der Waals surface area contributed by atoms with Gasteiger partial charge in [-0.15, -0.1) is 4.33 Å². The van der Waals surface area contributed by atoms with Gasteiger partial charge in [-0.05, 0) is 37.5 Å². The second kappa shape index (κ2) is 6.87. The first-order valence-corrected chi connectivity index (χ1v) is 7.59. The Morgan fingerprint density at radius 2 is 1.78 bits per heavy atom. The van der Waals surface area contributed by atoms with E-state index in [0.29, 0.717) is 6.42 Å². The Bertz CT molecular complexity index is 450. The highest BCUT2D eigenvalue weighted by Crippen LogP contribution is 2.15. The van der Waals surface area contributed by atoms with Crippen molar-refractivity contribution in [2.24, 2.45) is 0 Å². The van der Waals surface area contributed by atoms with Gasteiger partial charge < -0.3 is 0 Å². The minimum absolute atomic E-state index is 0.116. The van der Waals surface area contributed by atoms with Crippen molar-refractivity contribution in [1.82, 2.24) is 0 Å². The molecule has 0 heterocycles.